The van der Waals surface area contributed by atoms with E-state index in [1.165, 1.54) is 0 Å². The highest BCUT2D eigenvalue weighted by Gasteiger charge is 2.38. The molecule has 2 heterocycles. The minimum atomic E-state index is -0.778. The first kappa shape index (κ1) is 14.6. The molecular weight excluding hydrogens is 256 g/mol. The molecule has 0 spiro atoms. The Labute approximate surface area is 119 Å². The Hall–Kier alpha value is -1.85. The predicted octanol–water partition coefficient (Wildman–Crippen LogP) is 0.480. The number of hydrogen-bond acceptors (Lipinski definition) is 3. The van der Waals surface area contributed by atoms with Gasteiger partial charge in [-0.25, -0.2) is 0 Å². The van der Waals surface area contributed by atoms with Gasteiger partial charge in [0.05, 0.1) is 0 Å². The van der Waals surface area contributed by atoms with E-state index in [1.54, 1.807) is 18.0 Å². The van der Waals surface area contributed by atoms with E-state index >= 15 is 0 Å². The van der Waals surface area contributed by atoms with Crippen LogP contribution in [0.15, 0.2) is 12.3 Å². The molecule has 6 nitrogen and oxygen atoms in total. The van der Waals surface area contributed by atoms with Crippen LogP contribution in [0.1, 0.15) is 32.4 Å². The van der Waals surface area contributed by atoms with E-state index in [-0.39, 0.29) is 11.8 Å². The van der Waals surface area contributed by atoms with E-state index in [1.807, 2.05) is 24.7 Å². The maximum absolute atomic E-state index is 12.6. The van der Waals surface area contributed by atoms with Gasteiger partial charge in [0.1, 0.15) is 5.54 Å². The molecule has 1 atom stereocenters. The maximum Gasteiger partial charge on any atom is 0.248 e. The normalized spacial score (nSPS) is 23.6. The molecule has 0 saturated carbocycles. The molecule has 6 heteroatoms. The van der Waals surface area contributed by atoms with Gasteiger partial charge in [-0.05, 0) is 19.4 Å². The molecule has 1 aliphatic heterocycles. The monoisotopic (exact) mass is 278 g/mol. The van der Waals surface area contributed by atoms with Crippen LogP contribution in [0, 0.1) is 0 Å². The number of hydrogen-bond donors (Lipinski definition) is 1. The molecule has 1 saturated heterocycles. The molecule has 1 fully saturated rings. The van der Waals surface area contributed by atoms with Crippen LogP contribution < -0.4 is 5.32 Å². The Balaban J connectivity index is 2.08. The van der Waals surface area contributed by atoms with E-state index < -0.39 is 5.54 Å². The summed E-state index contributed by atoms with van der Waals surface area (Å²) in [6.45, 7) is 4.82. The molecule has 0 bridgehead atoms. The Morgan fingerprint density at radius 3 is 2.80 bits per heavy atom. The number of aromatic nitrogens is 2. The van der Waals surface area contributed by atoms with Gasteiger partial charge in [-0.3, -0.25) is 14.3 Å². The van der Waals surface area contributed by atoms with Crippen LogP contribution in [-0.2, 0) is 23.1 Å². The number of amides is 2. The van der Waals surface area contributed by atoms with Crippen molar-refractivity contribution in [1.29, 1.82) is 0 Å². The molecule has 1 aliphatic rings. The topological polar surface area (TPSA) is 67.2 Å². The Morgan fingerprint density at radius 2 is 2.20 bits per heavy atom. The minimum absolute atomic E-state index is 0.00742. The highest BCUT2D eigenvalue weighted by molar-refractivity contribution is 5.93. The van der Waals surface area contributed by atoms with Gasteiger partial charge in [-0.1, -0.05) is 6.92 Å². The maximum atomic E-state index is 12.6. The molecule has 0 radical (unpaired) electrons. The van der Waals surface area contributed by atoms with E-state index in [4.69, 9.17) is 0 Å². The molecule has 2 rings (SSSR count). The summed E-state index contributed by atoms with van der Waals surface area (Å²) < 4.78 is 1.81. The van der Waals surface area contributed by atoms with Gasteiger partial charge in [0.25, 0.3) is 0 Å². The van der Waals surface area contributed by atoms with Crippen molar-refractivity contribution < 1.29 is 9.59 Å². The molecule has 1 aromatic heterocycles. The van der Waals surface area contributed by atoms with Gasteiger partial charge in [-0.2, -0.15) is 5.10 Å². The molecular formula is C14H22N4O2. The van der Waals surface area contributed by atoms with Gasteiger partial charge in [-0.15, -0.1) is 0 Å². The molecule has 1 unspecified atom stereocenters. The minimum Gasteiger partial charge on any atom is -0.342 e. The predicted molar refractivity (Wildman–Crippen MR) is 74.9 cm³/mol. The Morgan fingerprint density at radius 1 is 1.45 bits per heavy atom. The Bertz CT molecular complexity index is 511. The highest BCUT2D eigenvalue weighted by atomic mass is 16.2. The summed E-state index contributed by atoms with van der Waals surface area (Å²) in [6.07, 6.45) is 3.46. The molecule has 0 aliphatic carbocycles. The van der Waals surface area contributed by atoms with Gasteiger partial charge < -0.3 is 10.2 Å². The van der Waals surface area contributed by atoms with Gasteiger partial charge in [0.2, 0.25) is 11.8 Å². The molecule has 1 N–H and O–H groups in total. The van der Waals surface area contributed by atoms with Crippen molar-refractivity contribution in [2.45, 2.75) is 38.6 Å². The second-order valence-corrected chi connectivity index (χ2v) is 5.47. The van der Waals surface area contributed by atoms with Crippen molar-refractivity contribution in [3.8, 4) is 0 Å². The van der Waals surface area contributed by atoms with Crippen molar-refractivity contribution in [1.82, 2.24) is 20.0 Å². The molecule has 20 heavy (non-hydrogen) atoms. The van der Waals surface area contributed by atoms with Crippen molar-refractivity contribution in [3.63, 3.8) is 0 Å². The number of carbonyl (C=O) groups excluding carboxylic acids is 2. The fourth-order valence-electron chi connectivity index (χ4n) is 2.46. The second kappa shape index (κ2) is 5.64. The summed E-state index contributed by atoms with van der Waals surface area (Å²) in [4.78, 5) is 26.1. The van der Waals surface area contributed by atoms with E-state index in [0.717, 1.165) is 12.1 Å². The average molecular weight is 278 g/mol. The summed E-state index contributed by atoms with van der Waals surface area (Å²) in [7, 11) is 1.89. The average Bonchev–Trinajstić information content (AvgIpc) is 2.79. The lowest BCUT2D eigenvalue weighted by molar-refractivity contribution is -0.138. The van der Waals surface area contributed by atoms with Crippen LogP contribution in [-0.4, -0.2) is 45.1 Å². The van der Waals surface area contributed by atoms with Crippen LogP contribution in [0.5, 0.6) is 0 Å². The summed E-state index contributed by atoms with van der Waals surface area (Å²) >= 11 is 0. The summed E-state index contributed by atoms with van der Waals surface area (Å²) in [5, 5.41) is 6.96. The SMILES string of the molecule is CCC1(C)NC(=O)CCN(CCc2ccnn2C)C1=O. The standard InChI is InChI=1S/C14H22N4O2/c1-4-14(2)13(20)18(10-7-12(19)16-14)9-6-11-5-8-15-17(11)3/h5,8H,4,6-7,9-10H2,1-3H3,(H,16,19). The fourth-order valence-corrected chi connectivity index (χ4v) is 2.46. The van der Waals surface area contributed by atoms with Crippen LogP contribution in [0.2, 0.25) is 0 Å². The first-order valence-corrected chi connectivity index (χ1v) is 7.03. The number of nitrogens with zero attached hydrogens (tertiary/aromatic N) is 3. The fraction of sp³-hybridized carbons (Fsp3) is 0.643. The molecule has 1 aromatic rings. The zero-order valence-corrected chi connectivity index (χ0v) is 12.3. The van der Waals surface area contributed by atoms with Gasteiger partial charge in [0.15, 0.2) is 0 Å². The van der Waals surface area contributed by atoms with Gasteiger partial charge >= 0.3 is 0 Å². The third kappa shape index (κ3) is 2.84. The van der Waals surface area contributed by atoms with E-state index in [2.05, 4.69) is 10.4 Å². The third-order valence-electron chi connectivity index (χ3n) is 4.05. The van der Waals surface area contributed by atoms with Crippen molar-refractivity contribution in [3.05, 3.63) is 18.0 Å². The largest absolute Gasteiger partial charge is 0.342 e. The van der Waals surface area contributed by atoms with Gasteiger partial charge in [0, 0.05) is 44.9 Å². The smallest absolute Gasteiger partial charge is 0.248 e. The number of carbonyl (C=O) groups is 2. The van der Waals surface area contributed by atoms with Crippen LogP contribution in [0.25, 0.3) is 0 Å². The van der Waals surface area contributed by atoms with Crippen LogP contribution in [0.4, 0.5) is 0 Å². The second-order valence-electron chi connectivity index (χ2n) is 5.47. The summed E-state index contributed by atoms with van der Waals surface area (Å²) in [6, 6.07) is 1.95. The zero-order valence-electron chi connectivity index (χ0n) is 12.3. The van der Waals surface area contributed by atoms with Crippen molar-refractivity contribution in [2.24, 2.45) is 7.05 Å². The zero-order chi connectivity index (χ0) is 14.8. The number of aryl methyl sites for hydroxylation is 1. The number of nitrogens with one attached hydrogen (secondary N) is 1. The highest BCUT2D eigenvalue weighted by Crippen LogP contribution is 2.18. The van der Waals surface area contributed by atoms with Crippen LogP contribution in [0.3, 0.4) is 0 Å². The number of rotatable bonds is 4. The summed E-state index contributed by atoms with van der Waals surface area (Å²) in [5.41, 5.74) is 0.305. The first-order chi connectivity index (χ1) is 9.46. The lowest BCUT2D eigenvalue weighted by Gasteiger charge is -2.31. The van der Waals surface area contributed by atoms with E-state index in [9.17, 15) is 9.59 Å². The molecule has 0 aromatic carbocycles. The van der Waals surface area contributed by atoms with Crippen molar-refractivity contribution in [2.75, 3.05) is 13.1 Å². The Kier molecular flexibility index (Phi) is 4.11. The first-order valence-electron chi connectivity index (χ1n) is 7.03. The van der Waals surface area contributed by atoms with E-state index in [0.29, 0.717) is 25.9 Å². The third-order valence-corrected chi connectivity index (χ3v) is 4.05. The summed E-state index contributed by atoms with van der Waals surface area (Å²) in [5.74, 6) is -0.0428. The molecule has 110 valence electrons. The van der Waals surface area contributed by atoms with Crippen molar-refractivity contribution >= 4 is 11.8 Å². The molecule has 2 amide bonds. The lowest BCUT2D eigenvalue weighted by Crippen LogP contribution is -2.54. The lowest BCUT2D eigenvalue weighted by atomic mass is 9.97. The van der Waals surface area contributed by atoms with Crippen LogP contribution >= 0.6 is 0 Å². The quantitative estimate of drug-likeness (QED) is 0.871.